The van der Waals surface area contributed by atoms with Crippen LogP contribution < -0.4 is 0 Å². The van der Waals surface area contributed by atoms with Crippen molar-refractivity contribution >= 4 is 34.1 Å². The number of aromatic hydroxyl groups is 1. The van der Waals surface area contributed by atoms with E-state index >= 15 is 0 Å². The monoisotopic (exact) mass is 462 g/mol. The number of alkyl halides is 3. The maximum Gasteiger partial charge on any atom is 0.417 e. The van der Waals surface area contributed by atoms with Gasteiger partial charge in [0.1, 0.15) is 11.3 Å². The molecule has 31 heavy (non-hydrogen) atoms. The molecule has 158 valence electrons. The first-order valence-corrected chi connectivity index (χ1v) is 10.0. The van der Waals surface area contributed by atoms with E-state index in [9.17, 15) is 18.3 Å². The number of fused-ring (bicyclic) bond motifs is 1. The summed E-state index contributed by atoms with van der Waals surface area (Å²) in [6.07, 6.45) is -1.83. The minimum atomic E-state index is -4.46. The molecular formula is C23H15Cl2F3N2O. The molecule has 8 heteroatoms. The zero-order chi connectivity index (χ0) is 22.2. The van der Waals surface area contributed by atoms with Crippen molar-refractivity contribution in [1.29, 1.82) is 0 Å². The molecule has 0 fully saturated rings. The molecule has 4 aromatic rings. The van der Waals surface area contributed by atoms with Gasteiger partial charge in [-0.15, -0.1) is 0 Å². The fourth-order valence-electron chi connectivity index (χ4n) is 3.49. The largest absolute Gasteiger partial charge is 0.505 e. The predicted molar refractivity (Wildman–Crippen MR) is 115 cm³/mol. The van der Waals surface area contributed by atoms with Crippen LogP contribution in [-0.4, -0.2) is 15.1 Å². The summed E-state index contributed by atoms with van der Waals surface area (Å²) in [5, 5.41) is 12.4. The molecule has 0 radical (unpaired) electrons. The van der Waals surface area contributed by atoms with Gasteiger partial charge in [-0.05, 0) is 35.9 Å². The molecule has 0 aliphatic carbocycles. The molecule has 0 saturated heterocycles. The Morgan fingerprint density at radius 1 is 0.935 bits per heavy atom. The first-order chi connectivity index (χ1) is 14.7. The van der Waals surface area contributed by atoms with E-state index in [0.29, 0.717) is 26.8 Å². The Balaban J connectivity index is 1.80. The van der Waals surface area contributed by atoms with Gasteiger partial charge in [0.15, 0.2) is 0 Å². The highest BCUT2D eigenvalue weighted by Crippen LogP contribution is 2.39. The van der Waals surface area contributed by atoms with Crippen LogP contribution >= 0.6 is 23.2 Å². The van der Waals surface area contributed by atoms with Gasteiger partial charge in [-0.1, -0.05) is 47.5 Å². The van der Waals surface area contributed by atoms with Crippen molar-refractivity contribution in [2.75, 3.05) is 0 Å². The third-order valence-corrected chi connectivity index (χ3v) is 5.80. The summed E-state index contributed by atoms with van der Waals surface area (Å²) < 4.78 is 38.7. The van der Waals surface area contributed by atoms with Gasteiger partial charge in [0.25, 0.3) is 0 Å². The van der Waals surface area contributed by atoms with E-state index in [1.54, 1.807) is 36.5 Å². The van der Waals surface area contributed by atoms with Crippen molar-refractivity contribution in [1.82, 2.24) is 9.97 Å². The number of hydrogen-bond donors (Lipinski definition) is 1. The van der Waals surface area contributed by atoms with Gasteiger partial charge < -0.3 is 5.11 Å². The Bertz CT molecular complexity index is 1240. The topological polar surface area (TPSA) is 46.0 Å². The van der Waals surface area contributed by atoms with E-state index in [0.717, 1.165) is 23.2 Å². The first kappa shape index (κ1) is 21.4. The van der Waals surface area contributed by atoms with Crippen LogP contribution in [0.2, 0.25) is 10.0 Å². The Labute approximate surface area is 186 Å². The van der Waals surface area contributed by atoms with Crippen molar-refractivity contribution in [2.24, 2.45) is 0 Å². The molecule has 1 atom stereocenters. The molecular weight excluding hydrogens is 448 g/mol. The number of nitrogens with zero attached hydrogens (tertiary/aromatic N) is 2. The van der Waals surface area contributed by atoms with Crippen molar-refractivity contribution in [3.05, 3.63) is 99.4 Å². The smallest absolute Gasteiger partial charge is 0.417 e. The zero-order valence-electron chi connectivity index (χ0n) is 15.9. The predicted octanol–water partition coefficient (Wildman–Crippen LogP) is 7.04. The van der Waals surface area contributed by atoms with Gasteiger partial charge in [-0.2, -0.15) is 13.2 Å². The maximum atomic E-state index is 12.9. The third kappa shape index (κ3) is 4.45. The molecule has 0 bridgehead atoms. The standard InChI is InChI=1S/C23H15Cl2F3N2O/c24-19-8-4-14(10-20(19)25)18(11-16-6-5-15(12-30-16)23(26,27)28)17-7-3-13-2-1-9-29-21(13)22(17)31/h1-10,12,18,31H,11H2. The lowest BCUT2D eigenvalue weighted by Crippen LogP contribution is -2.09. The highest BCUT2D eigenvalue weighted by molar-refractivity contribution is 6.42. The van der Waals surface area contributed by atoms with Crippen molar-refractivity contribution in [3.63, 3.8) is 0 Å². The first-order valence-electron chi connectivity index (χ1n) is 9.27. The number of halogens is 5. The van der Waals surface area contributed by atoms with Gasteiger partial charge in [0.2, 0.25) is 0 Å². The van der Waals surface area contributed by atoms with Crippen LogP contribution in [0.25, 0.3) is 10.9 Å². The van der Waals surface area contributed by atoms with Crippen LogP contribution in [0.5, 0.6) is 5.75 Å². The Morgan fingerprint density at radius 2 is 1.74 bits per heavy atom. The van der Waals surface area contributed by atoms with Gasteiger partial charge in [0.05, 0.1) is 15.6 Å². The van der Waals surface area contributed by atoms with Crippen molar-refractivity contribution in [3.8, 4) is 5.75 Å². The molecule has 1 N–H and O–H groups in total. The molecule has 0 aliphatic rings. The summed E-state index contributed by atoms with van der Waals surface area (Å²) in [6.45, 7) is 0. The average molecular weight is 463 g/mol. The second-order valence-electron chi connectivity index (χ2n) is 7.04. The summed E-state index contributed by atoms with van der Waals surface area (Å²) in [6, 6.07) is 14.6. The summed E-state index contributed by atoms with van der Waals surface area (Å²) in [5.41, 5.74) is 1.35. The van der Waals surface area contributed by atoms with Gasteiger partial charge >= 0.3 is 6.18 Å². The fourth-order valence-corrected chi connectivity index (χ4v) is 3.79. The van der Waals surface area contributed by atoms with Crippen molar-refractivity contribution < 1.29 is 18.3 Å². The number of benzene rings is 2. The second-order valence-corrected chi connectivity index (χ2v) is 7.86. The Morgan fingerprint density at radius 3 is 2.42 bits per heavy atom. The van der Waals surface area contributed by atoms with Crippen LogP contribution in [0.3, 0.4) is 0 Å². The molecule has 3 nitrogen and oxygen atoms in total. The summed E-state index contributed by atoms with van der Waals surface area (Å²) in [4.78, 5) is 8.25. The normalized spacial score (nSPS) is 12.8. The van der Waals surface area contributed by atoms with E-state index in [-0.39, 0.29) is 12.2 Å². The van der Waals surface area contributed by atoms with Crippen LogP contribution in [0, 0.1) is 0 Å². The number of phenolic OH excluding ortho intramolecular Hbond substituents is 1. The lowest BCUT2D eigenvalue weighted by Gasteiger charge is -2.20. The number of hydrogen-bond acceptors (Lipinski definition) is 3. The van der Waals surface area contributed by atoms with E-state index in [4.69, 9.17) is 23.2 Å². The number of rotatable bonds is 4. The fraction of sp³-hybridized carbons (Fsp3) is 0.130. The summed E-state index contributed by atoms with van der Waals surface area (Å²) >= 11 is 12.3. The third-order valence-electron chi connectivity index (χ3n) is 5.07. The Hall–Kier alpha value is -2.83. The number of aromatic nitrogens is 2. The number of pyridine rings is 2. The molecule has 0 spiro atoms. The molecule has 2 aromatic carbocycles. The van der Waals surface area contributed by atoms with Crippen LogP contribution in [0.15, 0.2) is 67.0 Å². The highest BCUT2D eigenvalue weighted by atomic mass is 35.5. The quantitative estimate of drug-likeness (QED) is 0.353. The van der Waals surface area contributed by atoms with Crippen molar-refractivity contribution in [2.45, 2.75) is 18.5 Å². The van der Waals surface area contributed by atoms with E-state index < -0.39 is 17.7 Å². The van der Waals surface area contributed by atoms with E-state index in [1.807, 2.05) is 12.1 Å². The van der Waals surface area contributed by atoms with Gasteiger partial charge in [-0.25, -0.2) is 0 Å². The Kier molecular flexibility index (Phi) is 5.77. The number of phenols is 1. The molecule has 1 unspecified atom stereocenters. The molecule has 0 amide bonds. The minimum Gasteiger partial charge on any atom is -0.505 e. The lowest BCUT2D eigenvalue weighted by atomic mass is 9.86. The molecule has 0 saturated carbocycles. The SMILES string of the molecule is Oc1c(C(Cc2ccc(C(F)(F)F)cn2)c2ccc(Cl)c(Cl)c2)ccc2cccnc12. The highest BCUT2D eigenvalue weighted by Gasteiger charge is 2.31. The van der Waals surface area contributed by atoms with E-state index in [2.05, 4.69) is 9.97 Å². The van der Waals surface area contributed by atoms with Gasteiger partial charge in [-0.3, -0.25) is 9.97 Å². The molecule has 2 heterocycles. The second kappa shape index (κ2) is 8.36. The summed E-state index contributed by atoms with van der Waals surface area (Å²) in [7, 11) is 0. The lowest BCUT2D eigenvalue weighted by molar-refractivity contribution is -0.137. The average Bonchev–Trinajstić information content (AvgIpc) is 2.75. The molecule has 0 aliphatic heterocycles. The van der Waals surface area contributed by atoms with Gasteiger partial charge in [0, 0.05) is 41.4 Å². The summed E-state index contributed by atoms with van der Waals surface area (Å²) in [5.74, 6) is -0.438. The molecule has 4 rings (SSSR count). The van der Waals surface area contributed by atoms with Crippen LogP contribution in [0.1, 0.15) is 28.3 Å². The zero-order valence-corrected chi connectivity index (χ0v) is 17.4. The van der Waals surface area contributed by atoms with Crippen LogP contribution in [0.4, 0.5) is 13.2 Å². The molecule has 2 aromatic heterocycles. The van der Waals surface area contributed by atoms with E-state index in [1.165, 1.54) is 6.07 Å². The minimum absolute atomic E-state index is 0.00100. The maximum absolute atomic E-state index is 12.9. The van der Waals surface area contributed by atoms with Crippen LogP contribution in [-0.2, 0) is 12.6 Å².